The normalized spacial score (nSPS) is 22.7. The van der Waals surface area contributed by atoms with Crippen LogP contribution in [0, 0.1) is 0 Å². The van der Waals surface area contributed by atoms with Crippen LogP contribution >= 0.6 is 15.9 Å². The van der Waals surface area contributed by atoms with Crippen molar-refractivity contribution >= 4 is 27.5 Å². The number of hydrogen-bond donors (Lipinski definition) is 0. The number of ether oxygens (including phenoxy) is 1. The van der Waals surface area contributed by atoms with Crippen LogP contribution in [0.1, 0.15) is 0 Å². The van der Waals surface area contributed by atoms with E-state index in [0.29, 0.717) is 5.69 Å². The number of amides is 1. The minimum atomic E-state index is -4.69. The van der Waals surface area contributed by atoms with Crippen molar-refractivity contribution in [3.8, 4) is 0 Å². The van der Waals surface area contributed by atoms with Crippen LogP contribution in [-0.4, -0.2) is 31.3 Å². The summed E-state index contributed by atoms with van der Waals surface area (Å²) in [6.45, 7) is -0.615. The molecule has 1 fully saturated rings. The van der Waals surface area contributed by atoms with Crippen LogP contribution in [-0.2, 0) is 9.53 Å². The van der Waals surface area contributed by atoms with Crippen molar-refractivity contribution < 1.29 is 22.7 Å². The van der Waals surface area contributed by atoms with Gasteiger partial charge >= 0.3 is 6.18 Å². The molecule has 2 rings (SSSR count). The molecule has 0 aromatic heterocycles. The van der Waals surface area contributed by atoms with Gasteiger partial charge in [0.2, 0.25) is 0 Å². The summed E-state index contributed by atoms with van der Waals surface area (Å²) in [5.74, 6) is -1.10. The number of epoxide rings is 1. The minimum absolute atomic E-state index is 0.377. The maximum atomic E-state index is 12.7. The van der Waals surface area contributed by atoms with Crippen molar-refractivity contribution in [1.82, 2.24) is 0 Å². The molecule has 1 saturated heterocycles. The van der Waals surface area contributed by atoms with Crippen LogP contribution in [0.5, 0.6) is 0 Å². The van der Waals surface area contributed by atoms with Crippen LogP contribution in [0.15, 0.2) is 28.7 Å². The van der Waals surface area contributed by atoms with Crippen LogP contribution in [0.2, 0.25) is 0 Å². The minimum Gasteiger partial charge on any atom is -0.351 e. The lowest BCUT2D eigenvalue weighted by Crippen LogP contribution is -2.48. The molecule has 0 N–H and O–H groups in total. The van der Waals surface area contributed by atoms with Crippen LogP contribution in [0.25, 0.3) is 0 Å². The molecule has 98 valence electrons. The first-order valence-corrected chi connectivity index (χ1v) is 5.82. The summed E-state index contributed by atoms with van der Waals surface area (Å²) >= 11 is 3.21. The molecule has 0 saturated carbocycles. The number of rotatable bonds is 2. The van der Waals surface area contributed by atoms with E-state index in [2.05, 4.69) is 20.7 Å². The second kappa shape index (κ2) is 4.24. The van der Waals surface area contributed by atoms with Gasteiger partial charge in [-0.2, -0.15) is 13.2 Å². The van der Waals surface area contributed by atoms with Gasteiger partial charge in [0.1, 0.15) is 0 Å². The topological polar surface area (TPSA) is 32.8 Å². The molecular weight excluding hydrogens is 315 g/mol. The lowest BCUT2D eigenvalue weighted by molar-refractivity contribution is -0.187. The van der Waals surface area contributed by atoms with Crippen molar-refractivity contribution in [1.29, 1.82) is 0 Å². The number of halogens is 4. The van der Waals surface area contributed by atoms with Crippen LogP contribution < -0.4 is 4.90 Å². The van der Waals surface area contributed by atoms with Crippen molar-refractivity contribution in [3.63, 3.8) is 0 Å². The van der Waals surface area contributed by atoms with Gasteiger partial charge < -0.3 is 9.64 Å². The molecule has 1 heterocycles. The molecule has 0 spiro atoms. The summed E-state index contributed by atoms with van der Waals surface area (Å²) in [6, 6.07) is 6.39. The third kappa shape index (κ3) is 2.12. The molecule has 1 aliphatic rings. The molecule has 1 amide bonds. The highest BCUT2D eigenvalue weighted by atomic mass is 79.9. The summed E-state index contributed by atoms with van der Waals surface area (Å²) < 4.78 is 43.3. The second-order valence-electron chi connectivity index (χ2n) is 3.95. The van der Waals surface area contributed by atoms with Crippen molar-refractivity contribution in [3.05, 3.63) is 28.7 Å². The number of hydrogen-bond acceptors (Lipinski definition) is 2. The first kappa shape index (κ1) is 13.4. The fraction of sp³-hybridized carbons (Fsp3) is 0.364. The third-order valence-corrected chi connectivity index (χ3v) is 3.28. The molecule has 0 unspecified atom stereocenters. The lowest BCUT2D eigenvalue weighted by Gasteiger charge is -2.23. The highest BCUT2D eigenvalue weighted by molar-refractivity contribution is 9.10. The number of likely N-dealkylation sites (N-methyl/N-ethyl adjacent to an activating group) is 1. The standard InChI is InChI=1S/C11H9BrF3NO2/c1-16(8-4-2-7(12)3-5-8)9(17)10(6-18-10)11(13,14)15/h2-5H,6H2,1H3/t10-/m1/s1. The quantitative estimate of drug-likeness (QED) is 0.784. The Morgan fingerprint density at radius 2 is 1.89 bits per heavy atom. The second-order valence-corrected chi connectivity index (χ2v) is 4.87. The predicted octanol–water partition coefficient (Wildman–Crippen LogP) is 2.74. The van der Waals surface area contributed by atoms with E-state index in [1.54, 1.807) is 24.3 Å². The molecule has 7 heteroatoms. The van der Waals surface area contributed by atoms with Gasteiger partial charge in [0.05, 0.1) is 6.61 Å². The summed E-state index contributed by atoms with van der Waals surface area (Å²) in [5.41, 5.74) is -2.28. The Balaban J connectivity index is 2.22. The Labute approximate surface area is 110 Å². The Morgan fingerprint density at radius 1 is 1.39 bits per heavy atom. The first-order chi connectivity index (χ1) is 8.28. The number of alkyl halides is 3. The van der Waals surface area contributed by atoms with Crippen molar-refractivity contribution in [2.24, 2.45) is 0 Å². The van der Waals surface area contributed by atoms with Gasteiger partial charge in [0, 0.05) is 17.2 Å². The van der Waals surface area contributed by atoms with Gasteiger partial charge in [-0.15, -0.1) is 0 Å². The zero-order valence-corrected chi connectivity index (χ0v) is 10.9. The number of carbonyl (C=O) groups excluding carboxylic acids is 1. The van der Waals surface area contributed by atoms with E-state index in [0.717, 1.165) is 9.37 Å². The van der Waals surface area contributed by atoms with E-state index in [4.69, 9.17) is 0 Å². The molecule has 0 aliphatic carbocycles. The fourth-order valence-corrected chi connectivity index (χ4v) is 1.80. The molecule has 1 aromatic rings. The van der Waals surface area contributed by atoms with E-state index < -0.39 is 24.3 Å². The molecule has 0 radical (unpaired) electrons. The SMILES string of the molecule is CN(C(=O)[C@@]1(C(F)(F)F)CO1)c1ccc(Br)cc1. The van der Waals surface area contributed by atoms with E-state index >= 15 is 0 Å². The van der Waals surface area contributed by atoms with E-state index in [-0.39, 0.29) is 0 Å². The van der Waals surface area contributed by atoms with Gasteiger partial charge in [-0.05, 0) is 24.3 Å². The molecule has 1 aliphatic heterocycles. The van der Waals surface area contributed by atoms with Crippen LogP contribution in [0.4, 0.5) is 18.9 Å². The molecule has 1 aromatic carbocycles. The van der Waals surface area contributed by atoms with Crippen LogP contribution in [0.3, 0.4) is 0 Å². The zero-order valence-electron chi connectivity index (χ0n) is 9.29. The number of carbonyl (C=O) groups is 1. The third-order valence-electron chi connectivity index (χ3n) is 2.75. The zero-order chi connectivity index (χ0) is 13.6. The maximum Gasteiger partial charge on any atom is 0.429 e. The molecule has 18 heavy (non-hydrogen) atoms. The fourth-order valence-electron chi connectivity index (χ4n) is 1.53. The van der Waals surface area contributed by atoms with Gasteiger partial charge in [0.15, 0.2) is 0 Å². The monoisotopic (exact) mass is 323 g/mol. The van der Waals surface area contributed by atoms with Gasteiger partial charge in [0.25, 0.3) is 11.5 Å². The summed E-state index contributed by atoms with van der Waals surface area (Å²) in [6.07, 6.45) is -4.69. The summed E-state index contributed by atoms with van der Waals surface area (Å²) in [7, 11) is 1.29. The molecule has 3 nitrogen and oxygen atoms in total. The lowest BCUT2D eigenvalue weighted by atomic mass is 10.1. The molecular formula is C11H9BrF3NO2. The average Bonchev–Trinajstić information content (AvgIpc) is 3.08. The Bertz CT molecular complexity index is 468. The first-order valence-electron chi connectivity index (χ1n) is 5.02. The van der Waals surface area contributed by atoms with E-state index in [1.807, 2.05) is 0 Å². The predicted molar refractivity (Wildman–Crippen MR) is 62.3 cm³/mol. The summed E-state index contributed by atoms with van der Waals surface area (Å²) in [5, 5.41) is 0. The summed E-state index contributed by atoms with van der Waals surface area (Å²) in [4.78, 5) is 12.8. The Kier molecular flexibility index (Phi) is 3.14. The highest BCUT2D eigenvalue weighted by Crippen LogP contribution is 2.45. The number of anilines is 1. The number of nitrogens with zero attached hydrogens (tertiary/aromatic N) is 1. The maximum absolute atomic E-state index is 12.7. The van der Waals surface area contributed by atoms with E-state index in [1.165, 1.54) is 7.05 Å². The average molecular weight is 324 g/mol. The highest BCUT2D eigenvalue weighted by Gasteiger charge is 2.72. The van der Waals surface area contributed by atoms with Crippen molar-refractivity contribution in [2.45, 2.75) is 11.8 Å². The molecule has 0 bridgehead atoms. The van der Waals surface area contributed by atoms with Gasteiger partial charge in [-0.3, -0.25) is 4.79 Å². The largest absolute Gasteiger partial charge is 0.429 e. The van der Waals surface area contributed by atoms with Crippen molar-refractivity contribution in [2.75, 3.05) is 18.6 Å². The van der Waals surface area contributed by atoms with Gasteiger partial charge in [-0.25, -0.2) is 0 Å². The van der Waals surface area contributed by atoms with Gasteiger partial charge in [-0.1, -0.05) is 15.9 Å². The Morgan fingerprint density at radius 3 is 2.28 bits per heavy atom. The van der Waals surface area contributed by atoms with E-state index in [9.17, 15) is 18.0 Å². The Hall–Kier alpha value is -1.08. The smallest absolute Gasteiger partial charge is 0.351 e. The molecule has 1 atom stereocenters. The number of benzene rings is 1.